The van der Waals surface area contributed by atoms with Crippen molar-refractivity contribution in [1.82, 2.24) is 9.97 Å². The first-order chi connectivity index (χ1) is 12.8. The molecule has 126 valence electrons. The van der Waals surface area contributed by atoms with Crippen molar-refractivity contribution in [2.75, 3.05) is 0 Å². The van der Waals surface area contributed by atoms with Gasteiger partial charge >= 0.3 is 0 Å². The first kappa shape index (κ1) is 16.5. The quantitative estimate of drug-likeness (QED) is 0.275. The number of carbonyl (C=O) groups excluding carboxylic acids is 1. The van der Waals surface area contributed by atoms with Crippen molar-refractivity contribution >= 4 is 28.4 Å². The normalized spacial score (nSPS) is 12.0. The standard InChI is InChI=1S/C22H16N2OS/c25-20(16-9-3-1-4-10-16)21(17-11-5-2-6-12-17)26-22-18-13-7-8-14-19(18)23-15-24-22/h1-15,21H/t21-/m0/s1. The molecular weight excluding hydrogens is 340 g/mol. The average Bonchev–Trinajstić information content (AvgIpc) is 2.73. The van der Waals surface area contributed by atoms with Crippen molar-refractivity contribution in [2.24, 2.45) is 0 Å². The van der Waals surface area contributed by atoms with Gasteiger partial charge in [-0.25, -0.2) is 9.97 Å². The molecule has 0 spiro atoms. The number of nitrogens with zero attached hydrogens (tertiary/aromatic N) is 2. The Labute approximate surface area is 156 Å². The number of ketones is 1. The molecule has 0 bridgehead atoms. The smallest absolute Gasteiger partial charge is 0.180 e. The number of carbonyl (C=O) groups is 1. The van der Waals surface area contributed by atoms with Gasteiger partial charge in [-0.05, 0) is 11.6 Å². The summed E-state index contributed by atoms with van der Waals surface area (Å²) < 4.78 is 0. The van der Waals surface area contributed by atoms with Crippen LogP contribution in [0.5, 0.6) is 0 Å². The SMILES string of the molecule is O=C(c1ccccc1)[C@@H](Sc1ncnc2ccccc12)c1ccccc1. The Morgan fingerprint density at radius 1 is 0.769 bits per heavy atom. The molecule has 26 heavy (non-hydrogen) atoms. The molecule has 0 fully saturated rings. The second-order valence-corrected chi connectivity index (χ2v) is 6.93. The second-order valence-electron chi connectivity index (χ2n) is 5.83. The zero-order valence-electron chi connectivity index (χ0n) is 13.9. The molecule has 4 aromatic rings. The fourth-order valence-corrected chi connectivity index (χ4v) is 4.01. The third kappa shape index (κ3) is 3.37. The highest BCUT2D eigenvalue weighted by molar-refractivity contribution is 8.00. The van der Waals surface area contributed by atoms with Crippen molar-refractivity contribution in [1.29, 1.82) is 0 Å². The van der Waals surface area contributed by atoms with Gasteiger partial charge in [-0.15, -0.1) is 0 Å². The summed E-state index contributed by atoms with van der Waals surface area (Å²) in [6, 6.07) is 27.1. The lowest BCUT2D eigenvalue weighted by molar-refractivity contribution is 0.0989. The lowest BCUT2D eigenvalue weighted by atomic mass is 10.0. The Morgan fingerprint density at radius 2 is 1.42 bits per heavy atom. The van der Waals surface area contributed by atoms with Gasteiger partial charge in [0.2, 0.25) is 0 Å². The van der Waals surface area contributed by atoms with Crippen LogP contribution in [-0.4, -0.2) is 15.8 Å². The molecule has 1 aromatic heterocycles. The Hall–Kier alpha value is -2.98. The van der Waals surface area contributed by atoms with Gasteiger partial charge in [0, 0.05) is 10.9 Å². The van der Waals surface area contributed by atoms with Gasteiger partial charge in [0.25, 0.3) is 0 Å². The zero-order chi connectivity index (χ0) is 17.8. The molecule has 1 heterocycles. The zero-order valence-corrected chi connectivity index (χ0v) is 14.8. The van der Waals surface area contributed by atoms with Gasteiger partial charge in [0.05, 0.1) is 10.8 Å². The predicted octanol–water partition coefficient (Wildman–Crippen LogP) is 5.35. The van der Waals surface area contributed by atoms with Crippen LogP contribution in [0, 0.1) is 0 Å². The van der Waals surface area contributed by atoms with Crippen LogP contribution in [0.15, 0.2) is 96.3 Å². The third-order valence-corrected chi connectivity index (χ3v) is 5.41. The number of rotatable bonds is 5. The van der Waals surface area contributed by atoms with Crippen molar-refractivity contribution in [2.45, 2.75) is 10.3 Å². The van der Waals surface area contributed by atoms with Crippen LogP contribution in [0.1, 0.15) is 21.2 Å². The first-order valence-electron chi connectivity index (χ1n) is 8.33. The van der Waals surface area contributed by atoms with Gasteiger partial charge in [-0.3, -0.25) is 4.79 Å². The van der Waals surface area contributed by atoms with Gasteiger partial charge in [0.15, 0.2) is 5.78 Å². The highest BCUT2D eigenvalue weighted by Crippen LogP contribution is 2.39. The van der Waals surface area contributed by atoms with Crippen LogP contribution < -0.4 is 0 Å². The Bertz CT molecular complexity index is 1030. The summed E-state index contributed by atoms with van der Waals surface area (Å²) >= 11 is 1.47. The van der Waals surface area contributed by atoms with Crippen molar-refractivity contribution in [3.8, 4) is 0 Å². The summed E-state index contributed by atoms with van der Waals surface area (Å²) in [5, 5.41) is 1.41. The van der Waals surface area contributed by atoms with Crippen LogP contribution in [0.25, 0.3) is 10.9 Å². The van der Waals surface area contributed by atoms with Crippen LogP contribution in [0.4, 0.5) is 0 Å². The summed E-state index contributed by atoms with van der Waals surface area (Å²) in [5.41, 5.74) is 2.55. The monoisotopic (exact) mass is 356 g/mol. The fraction of sp³-hybridized carbons (Fsp3) is 0.0455. The minimum Gasteiger partial charge on any atom is -0.293 e. The van der Waals surface area contributed by atoms with E-state index in [4.69, 9.17) is 0 Å². The minimum absolute atomic E-state index is 0.0736. The summed E-state index contributed by atoms with van der Waals surface area (Å²) in [4.78, 5) is 22.0. The topological polar surface area (TPSA) is 42.9 Å². The molecule has 0 amide bonds. The molecule has 3 nitrogen and oxygen atoms in total. The lowest BCUT2D eigenvalue weighted by Gasteiger charge is -2.16. The number of thioether (sulfide) groups is 1. The predicted molar refractivity (Wildman–Crippen MR) is 105 cm³/mol. The van der Waals surface area contributed by atoms with Crippen molar-refractivity contribution < 1.29 is 4.79 Å². The van der Waals surface area contributed by atoms with E-state index in [2.05, 4.69) is 9.97 Å². The Morgan fingerprint density at radius 3 is 2.19 bits per heavy atom. The second kappa shape index (κ2) is 7.50. The van der Waals surface area contributed by atoms with E-state index in [0.29, 0.717) is 5.56 Å². The lowest BCUT2D eigenvalue weighted by Crippen LogP contribution is -2.10. The summed E-state index contributed by atoms with van der Waals surface area (Å²) in [6.07, 6.45) is 1.56. The maximum Gasteiger partial charge on any atom is 0.180 e. The van der Waals surface area contributed by atoms with Crippen molar-refractivity contribution in [3.05, 3.63) is 102 Å². The molecule has 1 atom stereocenters. The number of Topliss-reactive ketones (excluding diaryl/α,β-unsaturated/α-hetero) is 1. The molecule has 0 saturated heterocycles. The van der Waals surface area contributed by atoms with E-state index < -0.39 is 0 Å². The fourth-order valence-electron chi connectivity index (χ4n) is 2.84. The van der Waals surface area contributed by atoms with E-state index in [-0.39, 0.29) is 11.0 Å². The van der Waals surface area contributed by atoms with E-state index in [9.17, 15) is 4.79 Å². The molecule has 3 aromatic carbocycles. The summed E-state index contributed by atoms with van der Waals surface area (Å²) in [7, 11) is 0. The molecule has 4 rings (SSSR count). The molecule has 0 unspecified atom stereocenters. The Kier molecular flexibility index (Phi) is 4.75. The molecule has 0 radical (unpaired) electrons. The van der Waals surface area contributed by atoms with E-state index in [1.807, 2.05) is 84.9 Å². The van der Waals surface area contributed by atoms with E-state index in [1.165, 1.54) is 11.8 Å². The number of hydrogen-bond donors (Lipinski definition) is 0. The molecule has 0 N–H and O–H groups in total. The number of aromatic nitrogens is 2. The highest BCUT2D eigenvalue weighted by Gasteiger charge is 2.24. The van der Waals surface area contributed by atoms with Crippen molar-refractivity contribution in [3.63, 3.8) is 0 Å². The Balaban J connectivity index is 1.77. The molecule has 0 aliphatic rings. The molecule has 0 aliphatic carbocycles. The van der Waals surface area contributed by atoms with E-state index in [1.54, 1.807) is 6.33 Å². The number of fused-ring (bicyclic) bond motifs is 1. The molecule has 0 saturated carbocycles. The average molecular weight is 356 g/mol. The van der Waals surface area contributed by atoms with Crippen LogP contribution in [-0.2, 0) is 0 Å². The maximum atomic E-state index is 13.2. The number of hydrogen-bond acceptors (Lipinski definition) is 4. The largest absolute Gasteiger partial charge is 0.293 e. The van der Waals surface area contributed by atoms with Crippen LogP contribution >= 0.6 is 11.8 Å². The third-order valence-electron chi connectivity index (χ3n) is 4.13. The van der Waals surface area contributed by atoms with E-state index in [0.717, 1.165) is 21.5 Å². The van der Waals surface area contributed by atoms with Gasteiger partial charge in [0.1, 0.15) is 11.4 Å². The summed E-state index contributed by atoms with van der Waals surface area (Å²) in [5.74, 6) is 0.0736. The molecule has 4 heteroatoms. The molecular formula is C22H16N2OS. The van der Waals surface area contributed by atoms with E-state index >= 15 is 0 Å². The minimum atomic E-state index is -0.364. The van der Waals surface area contributed by atoms with Crippen LogP contribution in [0.3, 0.4) is 0 Å². The highest BCUT2D eigenvalue weighted by atomic mass is 32.2. The number of para-hydroxylation sites is 1. The molecule has 0 aliphatic heterocycles. The first-order valence-corrected chi connectivity index (χ1v) is 9.21. The van der Waals surface area contributed by atoms with Gasteiger partial charge < -0.3 is 0 Å². The number of benzene rings is 3. The van der Waals surface area contributed by atoms with Crippen LogP contribution in [0.2, 0.25) is 0 Å². The summed E-state index contributed by atoms with van der Waals surface area (Å²) in [6.45, 7) is 0. The maximum absolute atomic E-state index is 13.2. The van der Waals surface area contributed by atoms with Gasteiger partial charge in [-0.2, -0.15) is 0 Å². The van der Waals surface area contributed by atoms with Gasteiger partial charge in [-0.1, -0.05) is 90.6 Å².